The van der Waals surface area contributed by atoms with Gasteiger partial charge in [-0.15, -0.1) is 6.58 Å². The molecule has 102 valence electrons. The molecule has 3 N–H and O–H groups in total. The van der Waals surface area contributed by atoms with Crippen molar-refractivity contribution >= 4 is 10.0 Å². The van der Waals surface area contributed by atoms with Gasteiger partial charge in [-0.25, -0.2) is 8.42 Å². The van der Waals surface area contributed by atoms with E-state index in [1.807, 2.05) is 0 Å². The van der Waals surface area contributed by atoms with Crippen molar-refractivity contribution in [1.29, 1.82) is 0 Å². The number of rotatable bonds is 8. The fourth-order valence-corrected chi connectivity index (χ4v) is 2.80. The van der Waals surface area contributed by atoms with Gasteiger partial charge >= 0.3 is 0 Å². The lowest BCUT2D eigenvalue weighted by molar-refractivity contribution is 0.260. The molecule has 0 spiro atoms. The van der Waals surface area contributed by atoms with Gasteiger partial charge in [-0.1, -0.05) is 6.08 Å². The third-order valence-corrected chi connectivity index (χ3v) is 4.11. The molecular weight excluding hydrogens is 256 g/mol. The first kappa shape index (κ1) is 14.8. The molecule has 1 heterocycles. The van der Waals surface area contributed by atoms with Crippen LogP contribution in [0.3, 0.4) is 0 Å². The van der Waals surface area contributed by atoms with Crippen molar-refractivity contribution < 1.29 is 13.5 Å². The van der Waals surface area contributed by atoms with Crippen molar-refractivity contribution in [2.24, 2.45) is 5.73 Å². The van der Waals surface area contributed by atoms with E-state index in [2.05, 4.69) is 11.7 Å². The topological polar surface area (TPSA) is 101 Å². The molecule has 0 unspecified atom stereocenters. The molecule has 8 heteroatoms. The second-order valence-corrected chi connectivity index (χ2v) is 5.54. The lowest BCUT2D eigenvalue weighted by atomic mass is 10.6. The highest BCUT2D eigenvalue weighted by Crippen LogP contribution is 2.14. The summed E-state index contributed by atoms with van der Waals surface area (Å²) in [5.74, 6) is 0. The highest BCUT2D eigenvalue weighted by Gasteiger charge is 2.24. The van der Waals surface area contributed by atoms with Crippen LogP contribution in [0.15, 0.2) is 29.9 Å². The maximum Gasteiger partial charge on any atom is 0.246 e. The minimum atomic E-state index is -3.64. The molecule has 18 heavy (non-hydrogen) atoms. The number of aromatic nitrogens is 2. The molecule has 0 saturated carbocycles. The first-order valence-corrected chi connectivity index (χ1v) is 6.94. The maximum absolute atomic E-state index is 12.2. The fraction of sp³-hybridized carbons (Fsp3) is 0.500. The van der Waals surface area contributed by atoms with Crippen LogP contribution in [0.1, 0.15) is 0 Å². The van der Waals surface area contributed by atoms with Crippen LogP contribution in [-0.4, -0.2) is 53.9 Å². The van der Waals surface area contributed by atoms with Gasteiger partial charge in [0.05, 0.1) is 19.3 Å². The number of hydrogen-bond acceptors (Lipinski definition) is 5. The molecule has 0 bridgehead atoms. The van der Waals surface area contributed by atoms with Crippen LogP contribution in [0.2, 0.25) is 0 Å². The zero-order valence-electron chi connectivity index (χ0n) is 10.1. The van der Waals surface area contributed by atoms with E-state index in [-0.39, 0.29) is 24.6 Å². The van der Waals surface area contributed by atoms with Crippen molar-refractivity contribution in [3.8, 4) is 0 Å². The third kappa shape index (κ3) is 3.39. The SMILES string of the molecule is C=CCN(CCO)S(=O)(=O)c1cnn(CCN)c1. The summed E-state index contributed by atoms with van der Waals surface area (Å²) >= 11 is 0. The zero-order valence-corrected chi connectivity index (χ0v) is 10.9. The normalized spacial score (nSPS) is 11.9. The molecule has 7 nitrogen and oxygen atoms in total. The van der Waals surface area contributed by atoms with Gasteiger partial charge in [-0.05, 0) is 0 Å². The molecular formula is C10H18N4O3S. The van der Waals surface area contributed by atoms with E-state index in [1.165, 1.54) is 23.2 Å². The Balaban J connectivity index is 2.97. The second-order valence-electron chi connectivity index (χ2n) is 3.60. The number of aliphatic hydroxyl groups excluding tert-OH is 1. The van der Waals surface area contributed by atoms with Crippen LogP contribution in [-0.2, 0) is 16.6 Å². The van der Waals surface area contributed by atoms with Crippen LogP contribution < -0.4 is 5.73 Å². The number of aliphatic hydroxyl groups is 1. The Morgan fingerprint density at radius 1 is 1.61 bits per heavy atom. The van der Waals surface area contributed by atoms with Crippen molar-refractivity contribution in [3.05, 3.63) is 25.0 Å². The molecule has 1 aromatic heterocycles. The van der Waals surface area contributed by atoms with Crippen LogP contribution in [0.4, 0.5) is 0 Å². The number of nitrogens with zero attached hydrogens (tertiary/aromatic N) is 3. The molecule has 1 rings (SSSR count). The molecule has 0 aliphatic carbocycles. The minimum absolute atomic E-state index is 0.0242. The summed E-state index contributed by atoms with van der Waals surface area (Å²) in [6.45, 7) is 4.26. The highest BCUT2D eigenvalue weighted by atomic mass is 32.2. The summed E-state index contributed by atoms with van der Waals surface area (Å²) in [5.41, 5.74) is 5.37. The Kier molecular flexibility index (Phi) is 5.48. The third-order valence-electron chi connectivity index (χ3n) is 2.29. The van der Waals surface area contributed by atoms with E-state index in [4.69, 9.17) is 10.8 Å². The second kappa shape index (κ2) is 6.64. The van der Waals surface area contributed by atoms with E-state index in [0.29, 0.717) is 13.1 Å². The number of nitrogens with two attached hydrogens (primary N) is 1. The maximum atomic E-state index is 12.2. The van der Waals surface area contributed by atoms with E-state index in [1.54, 1.807) is 0 Å². The summed E-state index contributed by atoms with van der Waals surface area (Å²) in [5, 5.41) is 12.8. The van der Waals surface area contributed by atoms with Gasteiger partial charge in [0, 0.05) is 25.8 Å². The molecule has 0 fully saturated rings. The summed E-state index contributed by atoms with van der Waals surface area (Å²) in [6.07, 6.45) is 4.17. The van der Waals surface area contributed by atoms with Crippen LogP contribution in [0.25, 0.3) is 0 Å². The quantitative estimate of drug-likeness (QED) is 0.593. The first-order valence-electron chi connectivity index (χ1n) is 5.50. The number of hydrogen-bond donors (Lipinski definition) is 2. The van der Waals surface area contributed by atoms with Gasteiger partial charge in [0.1, 0.15) is 4.90 Å². The van der Waals surface area contributed by atoms with E-state index >= 15 is 0 Å². The van der Waals surface area contributed by atoms with Gasteiger partial charge in [-0.3, -0.25) is 4.68 Å². The van der Waals surface area contributed by atoms with Crippen LogP contribution in [0.5, 0.6) is 0 Å². The molecule has 0 aliphatic rings. The Morgan fingerprint density at radius 2 is 2.33 bits per heavy atom. The predicted octanol–water partition coefficient (Wildman–Crippen LogP) is -0.989. The average molecular weight is 274 g/mol. The summed E-state index contributed by atoms with van der Waals surface area (Å²) in [6, 6.07) is 0. The molecule has 0 radical (unpaired) electrons. The summed E-state index contributed by atoms with van der Waals surface area (Å²) in [4.78, 5) is 0.0891. The van der Waals surface area contributed by atoms with E-state index < -0.39 is 10.0 Å². The molecule has 0 aliphatic heterocycles. The van der Waals surface area contributed by atoms with Gasteiger partial charge in [0.2, 0.25) is 10.0 Å². The average Bonchev–Trinajstić information content (AvgIpc) is 2.78. The van der Waals surface area contributed by atoms with Gasteiger partial charge in [-0.2, -0.15) is 9.40 Å². The predicted molar refractivity (Wildman–Crippen MR) is 67.3 cm³/mol. The van der Waals surface area contributed by atoms with E-state index in [9.17, 15) is 8.42 Å². The molecule has 0 atom stereocenters. The summed E-state index contributed by atoms with van der Waals surface area (Å²) in [7, 11) is -3.64. The smallest absolute Gasteiger partial charge is 0.246 e. The number of sulfonamides is 1. The van der Waals surface area contributed by atoms with Crippen molar-refractivity contribution in [1.82, 2.24) is 14.1 Å². The van der Waals surface area contributed by atoms with E-state index in [0.717, 1.165) is 4.31 Å². The lowest BCUT2D eigenvalue weighted by Gasteiger charge is -2.18. The summed E-state index contributed by atoms with van der Waals surface area (Å²) < 4.78 is 27.0. The standard InChI is InChI=1S/C10H18N4O3S/c1-2-4-14(6-7-15)18(16,17)10-8-12-13(9-10)5-3-11/h2,8-9,15H,1,3-7,11H2. The highest BCUT2D eigenvalue weighted by molar-refractivity contribution is 7.89. The largest absolute Gasteiger partial charge is 0.395 e. The van der Waals surface area contributed by atoms with Crippen molar-refractivity contribution in [2.45, 2.75) is 11.4 Å². The minimum Gasteiger partial charge on any atom is -0.395 e. The Labute approximate surface area is 107 Å². The zero-order chi connectivity index (χ0) is 13.6. The van der Waals surface area contributed by atoms with Gasteiger partial charge < -0.3 is 10.8 Å². The molecule has 0 aromatic carbocycles. The molecule has 1 aromatic rings. The van der Waals surface area contributed by atoms with Gasteiger partial charge in [0.25, 0.3) is 0 Å². The molecule has 0 saturated heterocycles. The van der Waals surface area contributed by atoms with Crippen molar-refractivity contribution in [3.63, 3.8) is 0 Å². The lowest BCUT2D eigenvalue weighted by Crippen LogP contribution is -2.33. The van der Waals surface area contributed by atoms with Crippen LogP contribution >= 0.6 is 0 Å². The monoisotopic (exact) mass is 274 g/mol. The fourth-order valence-electron chi connectivity index (χ4n) is 1.45. The van der Waals surface area contributed by atoms with Crippen molar-refractivity contribution in [2.75, 3.05) is 26.2 Å². The molecule has 0 amide bonds. The first-order chi connectivity index (χ1) is 8.56. The Bertz CT molecular complexity index is 483. The Morgan fingerprint density at radius 3 is 2.89 bits per heavy atom. The Hall–Kier alpha value is -1.22. The van der Waals surface area contributed by atoms with Crippen LogP contribution in [0, 0.1) is 0 Å². The van der Waals surface area contributed by atoms with Gasteiger partial charge in [0.15, 0.2) is 0 Å².